The number of hydrogen-bond acceptors (Lipinski definition) is 5. The molecule has 0 aliphatic carbocycles. The topological polar surface area (TPSA) is 84.9 Å². The molecule has 2 aliphatic rings. The molecule has 0 bridgehead atoms. The number of hydrogen-bond donors (Lipinski definition) is 1. The van der Waals surface area contributed by atoms with Gasteiger partial charge in [0, 0.05) is 30.8 Å². The molecule has 1 N–H and O–H groups in total. The Morgan fingerprint density at radius 2 is 1.65 bits per heavy atom. The Labute approximate surface area is 183 Å². The van der Waals surface area contributed by atoms with Gasteiger partial charge in [0.1, 0.15) is 13.2 Å². The summed E-state index contributed by atoms with van der Waals surface area (Å²) in [6.45, 7) is 5.72. The number of nitrogens with zero attached hydrogens (tertiary/aromatic N) is 1. The van der Waals surface area contributed by atoms with Crippen LogP contribution in [0.15, 0.2) is 47.4 Å². The van der Waals surface area contributed by atoms with Crippen molar-refractivity contribution in [2.24, 2.45) is 5.92 Å². The fraction of sp³-hybridized carbons (Fsp3) is 0.435. The standard InChI is InChI=1S/C23H28N2O5S/c1-16(2)17-3-5-19(6-4-17)24-23(26)18-9-11-25(12-10-18)31(27,28)20-7-8-21-22(15-20)30-14-13-29-21/h3-8,15-16,18H,9-14H2,1-2H3,(H,24,26). The molecule has 2 aromatic carbocycles. The Hall–Kier alpha value is -2.58. The number of sulfonamides is 1. The SMILES string of the molecule is CC(C)c1ccc(NC(=O)C2CCN(S(=O)(=O)c3ccc4c(c3)OCCO4)CC2)cc1. The molecule has 4 rings (SSSR count). The number of ether oxygens (including phenoxy) is 2. The number of amides is 1. The summed E-state index contributed by atoms with van der Waals surface area (Å²) >= 11 is 0. The highest BCUT2D eigenvalue weighted by molar-refractivity contribution is 7.89. The van der Waals surface area contributed by atoms with Crippen LogP contribution < -0.4 is 14.8 Å². The minimum absolute atomic E-state index is 0.0614. The molecule has 31 heavy (non-hydrogen) atoms. The number of rotatable bonds is 5. The maximum absolute atomic E-state index is 13.1. The Balaban J connectivity index is 1.37. The smallest absolute Gasteiger partial charge is 0.243 e. The van der Waals surface area contributed by atoms with E-state index in [0.717, 1.165) is 5.69 Å². The molecule has 1 saturated heterocycles. The molecule has 7 nitrogen and oxygen atoms in total. The summed E-state index contributed by atoms with van der Waals surface area (Å²) < 4.78 is 38.5. The first kappa shape index (κ1) is 21.6. The van der Waals surface area contributed by atoms with Crippen molar-refractivity contribution < 1.29 is 22.7 Å². The Morgan fingerprint density at radius 1 is 1.00 bits per heavy atom. The average Bonchev–Trinajstić information content (AvgIpc) is 2.79. The lowest BCUT2D eigenvalue weighted by atomic mass is 9.97. The third-order valence-electron chi connectivity index (χ3n) is 5.82. The summed E-state index contributed by atoms with van der Waals surface area (Å²) in [7, 11) is -3.65. The highest BCUT2D eigenvalue weighted by Crippen LogP contribution is 2.34. The Kier molecular flexibility index (Phi) is 6.20. The maximum Gasteiger partial charge on any atom is 0.243 e. The number of carbonyl (C=O) groups is 1. The van der Waals surface area contributed by atoms with Crippen LogP contribution in [-0.4, -0.2) is 44.9 Å². The molecule has 166 valence electrons. The van der Waals surface area contributed by atoms with Crippen molar-refractivity contribution in [3.63, 3.8) is 0 Å². The van der Waals surface area contributed by atoms with Crippen LogP contribution in [-0.2, 0) is 14.8 Å². The normalized spacial score (nSPS) is 17.5. The zero-order chi connectivity index (χ0) is 22.0. The van der Waals surface area contributed by atoms with E-state index < -0.39 is 10.0 Å². The Bertz CT molecular complexity index is 1040. The fourth-order valence-corrected chi connectivity index (χ4v) is 5.37. The lowest BCUT2D eigenvalue weighted by Gasteiger charge is -2.31. The van der Waals surface area contributed by atoms with Crippen molar-refractivity contribution in [3.05, 3.63) is 48.0 Å². The van der Waals surface area contributed by atoms with E-state index in [1.54, 1.807) is 12.1 Å². The molecule has 0 spiro atoms. The van der Waals surface area contributed by atoms with Crippen molar-refractivity contribution in [2.75, 3.05) is 31.6 Å². The van der Waals surface area contributed by atoms with Crippen molar-refractivity contribution in [3.8, 4) is 11.5 Å². The largest absolute Gasteiger partial charge is 0.486 e. The van der Waals surface area contributed by atoms with Crippen LogP contribution in [0.5, 0.6) is 11.5 Å². The van der Waals surface area contributed by atoms with Gasteiger partial charge in [-0.05, 0) is 48.6 Å². The zero-order valence-electron chi connectivity index (χ0n) is 17.8. The number of fused-ring (bicyclic) bond motifs is 1. The number of nitrogens with one attached hydrogen (secondary N) is 1. The van der Waals surface area contributed by atoms with Crippen LogP contribution in [0.1, 0.15) is 38.2 Å². The quantitative estimate of drug-likeness (QED) is 0.761. The molecule has 2 aromatic rings. The van der Waals surface area contributed by atoms with Crippen molar-refractivity contribution in [1.82, 2.24) is 4.31 Å². The van der Waals surface area contributed by atoms with Gasteiger partial charge in [-0.1, -0.05) is 26.0 Å². The molecule has 0 radical (unpaired) electrons. The molecular weight excluding hydrogens is 416 g/mol. The Morgan fingerprint density at radius 3 is 2.29 bits per heavy atom. The zero-order valence-corrected chi connectivity index (χ0v) is 18.7. The molecule has 1 fully saturated rings. The first-order valence-corrected chi connectivity index (χ1v) is 12.1. The molecular formula is C23H28N2O5S. The van der Waals surface area contributed by atoms with E-state index in [4.69, 9.17) is 9.47 Å². The van der Waals surface area contributed by atoms with E-state index in [1.165, 1.54) is 15.9 Å². The summed E-state index contributed by atoms with van der Waals surface area (Å²) in [5.74, 6) is 1.17. The van der Waals surface area contributed by atoms with Gasteiger partial charge in [0.05, 0.1) is 4.90 Å². The molecule has 0 unspecified atom stereocenters. The molecule has 2 heterocycles. The number of benzene rings is 2. The lowest BCUT2D eigenvalue weighted by molar-refractivity contribution is -0.120. The second-order valence-electron chi connectivity index (χ2n) is 8.25. The summed E-state index contributed by atoms with van der Waals surface area (Å²) in [4.78, 5) is 12.8. The first-order chi connectivity index (χ1) is 14.8. The van der Waals surface area contributed by atoms with E-state index in [9.17, 15) is 13.2 Å². The molecule has 8 heteroatoms. The third kappa shape index (κ3) is 4.70. The van der Waals surface area contributed by atoms with Gasteiger partial charge in [0.25, 0.3) is 0 Å². The van der Waals surface area contributed by atoms with E-state index in [1.807, 2.05) is 24.3 Å². The van der Waals surface area contributed by atoms with Crippen LogP contribution in [0.25, 0.3) is 0 Å². The van der Waals surface area contributed by atoms with Crippen LogP contribution in [0.3, 0.4) is 0 Å². The summed E-state index contributed by atoms with van der Waals surface area (Å²) in [5, 5.41) is 2.96. The van der Waals surface area contributed by atoms with Gasteiger partial charge < -0.3 is 14.8 Å². The summed E-state index contributed by atoms with van der Waals surface area (Å²) in [6.07, 6.45) is 0.972. The summed E-state index contributed by atoms with van der Waals surface area (Å²) in [6, 6.07) is 12.5. The maximum atomic E-state index is 13.1. The van der Waals surface area contributed by atoms with Gasteiger partial charge in [-0.15, -0.1) is 0 Å². The highest BCUT2D eigenvalue weighted by atomic mass is 32.2. The van der Waals surface area contributed by atoms with Gasteiger partial charge in [0.2, 0.25) is 15.9 Å². The first-order valence-electron chi connectivity index (χ1n) is 10.7. The number of piperidine rings is 1. The van der Waals surface area contributed by atoms with Gasteiger partial charge >= 0.3 is 0 Å². The van der Waals surface area contributed by atoms with Crippen molar-refractivity contribution >= 4 is 21.6 Å². The third-order valence-corrected chi connectivity index (χ3v) is 7.72. The fourth-order valence-electron chi connectivity index (χ4n) is 3.89. The molecule has 0 saturated carbocycles. The monoisotopic (exact) mass is 444 g/mol. The second kappa shape index (κ2) is 8.88. The minimum Gasteiger partial charge on any atom is -0.486 e. The van der Waals surface area contributed by atoms with Gasteiger partial charge in [0.15, 0.2) is 11.5 Å². The van der Waals surface area contributed by atoms with Gasteiger partial charge in [-0.3, -0.25) is 4.79 Å². The van der Waals surface area contributed by atoms with Crippen LogP contribution >= 0.6 is 0 Å². The molecule has 2 aliphatic heterocycles. The van der Waals surface area contributed by atoms with Crippen LogP contribution in [0.2, 0.25) is 0 Å². The predicted octanol–water partition coefficient (Wildman–Crippen LogP) is 3.62. The predicted molar refractivity (Wildman–Crippen MR) is 118 cm³/mol. The van der Waals surface area contributed by atoms with Crippen molar-refractivity contribution in [2.45, 2.75) is 37.5 Å². The minimum atomic E-state index is -3.65. The van der Waals surface area contributed by atoms with Crippen molar-refractivity contribution in [1.29, 1.82) is 0 Å². The van der Waals surface area contributed by atoms with Gasteiger partial charge in [-0.2, -0.15) is 4.31 Å². The van der Waals surface area contributed by atoms with E-state index in [-0.39, 0.29) is 16.7 Å². The van der Waals surface area contributed by atoms with E-state index >= 15 is 0 Å². The lowest BCUT2D eigenvalue weighted by Crippen LogP contribution is -2.41. The molecule has 0 aromatic heterocycles. The average molecular weight is 445 g/mol. The molecule has 0 atom stereocenters. The number of carbonyl (C=O) groups excluding carboxylic acids is 1. The summed E-state index contributed by atoms with van der Waals surface area (Å²) in [5.41, 5.74) is 1.98. The van der Waals surface area contributed by atoms with Gasteiger partial charge in [-0.25, -0.2) is 8.42 Å². The highest BCUT2D eigenvalue weighted by Gasteiger charge is 2.33. The van der Waals surface area contributed by atoms with Crippen LogP contribution in [0, 0.1) is 5.92 Å². The van der Waals surface area contributed by atoms with E-state index in [2.05, 4.69) is 19.2 Å². The second-order valence-corrected chi connectivity index (χ2v) is 10.2. The van der Waals surface area contributed by atoms with E-state index in [0.29, 0.717) is 56.6 Å². The molecule has 1 amide bonds. The number of anilines is 1. The van der Waals surface area contributed by atoms with Crippen LogP contribution in [0.4, 0.5) is 5.69 Å².